The summed E-state index contributed by atoms with van der Waals surface area (Å²) in [7, 11) is 3.25. The van der Waals surface area contributed by atoms with Crippen LogP contribution < -0.4 is 5.73 Å². The maximum atomic E-state index is 5.77. The third-order valence-corrected chi connectivity index (χ3v) is 2.91. The lowest BCUT2D eigenvalue weighted by atomic mass is 9.87. The van der Waals surface area contributed by atoms with E-state index in [0.29, 0.717) is 12.1 Å². The topological polar surface area (TPSA) is 62.3 Å². The third kappa shape index (κ3) is 1.90. The molecule has 2 N–H and O–H groups in total. The van der Waals surface area contributed by atoms with Gasteiger partial charge in [-0.3, -0.25) is 0 Å². The van der Waals surface area contributed by atoms with Gasteiger partial charge in [0, 0.05) is 26.3 Å². The molecular formula is C10H17N3O2. The largest absolute Gasteiger partial charge is 0.350 e. The Bertz CT molecular complexity index is 316. The van der Waals surface area contributed by atoms with Gasteiger partial charge in [0.05, 0.1) is 18.2 Å². The molecule has 1 aliphatic rings. The zero-order chi connectivity index (χ0) is 10.8. The lowest BCUT2D eigenvalue weighted by Gasteiger charge is -2.35. The molecule has 0 amide bonds. The van der Waals surface area contributed by atoms with Crippen molar-refractivity contribution >= 4 is 0 Å². The van der Waals surface area contributed by atoms with E-state index in [0.717, 1.165) is 18.5 Å². The summed E-state index contributed by atoms with van der Waals surface area (Å²) in [5.41, 5.74) is 6.73. The van der Waals surface area contributed by atoms with E-state index in [4.69, 9.17) is 15.2 Å². The van der Waals surface area contributed by atoms with Gasteiger partial charge in [0.15, 0.2) is 6.29 Å². The number of ether oxygens (including phenoxy) is 2. The normalized spacial score (nSPS) is 25.6. The van der Waals surface area contributed by atoms with Crippen molar-refractivity contribution in [1.29, 1.82) is 0 Å². The van der Waals surface area contributed by atoms with Crippen molar-refractivity contribution in [2.45, 2.75) is 31.2 Å². The molecule has 15 heavy (non-hydrogen) atoms. The Hall–Kier alpha value is -0.910. The van der Waals surface area contributed by atoms with Crippen molar-refractivity contribution in [2.24, 2.45) is 5.73 Å². The highest BCUT2D eigenvalue weighted by Crippen LogP contribution is 2.33. The van der Waals surface area contributed by atoms with E-state index in [-0.39, 0.29) is 6.29 Å². The molecule has 1 aliphatic carbocycles. The predicted octanol–water partition coefficient (Wildman–Crippen LogP) is 0.837. The van der Waals surface area contributed by atoms with Crippen LogP contribution in [0.5, 0.6) is 0 Å². The summed E-state index contributed by atoms with van der Waals surface area (Å²) in [6.07, 6.45) is 5.26. The van der Waals surface area contributed by atoms with Crippen LogP contribution in [0.2, 0.25) is 0 Å². The molecule has 0 atom stereocenters. The van der Waals surface area contributed by atoms with Crippen molar-refractivity contribution < 1.29 is 9.47 Å². The van der Waals surface area contributed by atoms with Crippen LogP contribution in [0, 0.1) is 0 Å². The Morgan fingerprint density at radius 3 is 2.67 bits per heavy atom. The summed E-state index contributed by atoms with van der Waals surface area (Å²) >= 11 is 0. The van der Waals surface area contributed by atoms with Gasteiger partial charge in [0.25, 0.3) is 0 Å². The molecule has 0 spiro atoms. The molecule has 0 radical (unpaired) electrons. The number of rotatable bonds is 4. The minimum atomic E-state index is -0.343. The van der Waals surface area contributed by atoms with Crippen molar-refractivity contribution in [3.8, 4) is 0 Å². The van der Waals surface area contributed by atoms with Crippen molar-refractivity contribution in [2.75, 3.05) is 14.2 Å². The Balaban J connectivity index is 2.14. The second-order valence-corrected chi connectivity index (χ2v) is 3.91. The fraction of sp³-hybridized carbons (Fsp3) is 0.700. The monoisotopic (exact) mass is 211 g/mol. The second-order valence-electron chi connectivity index (χ2n) is 3.91. The molecule has 5 nitrogen and oxygen atoms in total. The molecule has 84 valence electrons. The van der Waals surface area contributed by atoms with Gasteiger partial charge in [-0.1, -0.05) is 0 Å². The number of imidazole rings is 1. The van der Waals surface area contributed by atoms with Gasteiger partial charge in [-0.2, -0.15) is 0 Å². The summed E-state index contributed by atoms with van der Waals surface area (Å²) in [6.45, 7) is 0. The second kappa shape index (κ2) is 4.30. The first-order valence-corrected chi connectivity index (χ1v) is 5.09. The molecule has 0 aromatic carbocycles. The molecule has 1 fully saturated rings. The molecule has 5 heteroatoms. The van der Waals surface area contributed by atoms with Gasteiger partial charge in [-0.05, 0) is 12.8 Å². The average Bonchev–Trinajstić information content (AvgIpc) is 2.64. The Kier molecular flexibility index (Phi) is 3.04. The van der Waals surface area contributed by atoms with Crippen molar-refractivity contribution in [3.05, 3.63) is 18.2 Å². The molecule has 1 saturated carbocycles. The summed E-state index contributed by atoms with van der Waals surface area (Å²) in [5.74, 6) is 0. The number of hydrogen-bond donors (Lipinski definition) is 1. The van der Waals surface area contributed by atoms with E-state index in [1.54, 1.807) is 20.4 Å². The first-order valence-electron chi connectivity index (χ1n) is 5.09. The molecule has 0 aliphatic heterocycles. The molecule has 0 saturated heterocycles. The molecule has 1 aromatic rings. The van der Waals surface area contributed by atoms with E-state index in [1.165, 1.54) is 0 Å². The molecular weight excluding hydrogens is 194 g/mol. The highest BCUT2D eigenvalue weighted by molar-refractivity contribution is 5.05. The van der Waals surface area contributed by atoms with Gasteiger partial charge >= 0.3 is 0 Å². The van der Waals surface area contributed by atoms with Crippen LogP contribution in [0.1, 0.15) is 30.9 Å². The van der Waals surface area contributed by atoms with Crippen LogP contribution in [0.25, 0.3) is 0 Å². The summed E-state index contributed by atoms with van der Waals surface area (Å²) < 4.78 is 12.5. The number of nitrogens with zero attached hydrogens (tertiary/aromatic N) is 2. The van der Waals surface area contributed by atoms with E-state index in [9.17, 15) is 0 Å². The van der Waals surface area contributed by atoms with Crippen LogP contribution in [-0.4, -0.2) is 29.8 Å². The Morgan fingerprint density at radius 2 is 2.13 bits per heavy atom. The zero-order valence-electron chi connectivity index (χ0n) is 9.09. The molecule has 0 unspecified atom stereocenters. The van der Waals surface area contributed by atoms with Crippen LogP contribution >= 0.6 is 0 Å². The fourth-order valence-corrected chi connectivity index (χ4v) is 2.00. The van der Waals surface area contributed by atoms with Crippen molar-refractivity contribution in [3.63, 3.8) is 0 Å². The van der Waals surface area contributed by atoms with Crippen molar-refractivity contribution in [1.82, 2.24) is 9.55 Å². The molecule has 1 aromatic heterocycles. The van der Waals surface area contributed by atoms with Gasteiger partial charge < -0.3 is 19.8 Å². The van der Waals surface area contributed by atoms with Crippen LogP contribution in [0.4, 0.5) is 0 Å². The third-order valence-electron chi connectivity index (χ3n) is 2.91. The smallest absolute Gasteiger partial charge is 0.200 e. The SMILES string of the molecule is COC(OC)c1cncn1C1CC(N)C1. The minimum absolute atomic E-state index is 0.328. The summed E-state index contributed by atoms with van der Waals surface area (Å²) in [6, 6.07) is 0.777. The Labute approximate surface area is 89.2 Å². The fourth-order valence-electron chi connectivity index (χ4n) is 2.00. The number of nitrogens with two attached hydrogens (primary N) is 1. The van der Waals surface area contributed by atoms with Crippen LogP contribution in [-0.2, 0) is 9.47 Å². The molecule has 1 heterocycles. The van der Waals surface area contributed by atoms with Gasteiger partial charge in [0.2, 0.25) is 0 Å². The van der Waals surface area contributed by atoms with E-state index in [1.807, 2.05) is 6.33 Å². The number of methoxy groups -OCH3 is 2. The number of aromatic nitrogens is 2. The average molecular weight is 211 g/mol. The Morgan fingerprint density at radius 1 is 1.47 bits per heavy atom. The van der Waals surface area contributed by atoms with E-state index >= 15 is 0 Å². The van der Waals surface area contributed by atoms with Crippen LogP contribution in [0.3, 0.4) is 0 Å². The highest BCUT2D eigenvalue weighted by Gasteiger charge is 2.30. The van der Waals surface area contributed by atoms with Gasteiger partial charge in [-0.25, -0.2) is 4.98 Å². The van der Waals surface area contributed by atoms with Gasteiger partial charge in [0.1, 0.15) is 0 Å². The maximum absolute atomic E-state index is 5.77. The first-order chi connectivity index (χ1) is 7.26. The first kappa shape index (κ1) is 10.6. The summed E-state index contributed by atoms with van der Waals surface area (Å²) in [4.78, 5) is 4.13. The van der Waals surface area contributed by atoms with E-state index < -0.39 is 0 Å². The molecule has 2 rings (SSSR count). The highest BCUT2D eigenvalue weighted by atomic mass is 16.7. The zero-order valence-corrected chi connectivity index (χ0v) is 9.09. The quantitative estimate of drug-likeness (QED) is 0.749. The van der Waals surface area contributed by atoms with Crippen LogP contribution in [0.15, 0.2) is 12.5 Å². The standard InChI is InChI=1S/C10H17N3O2/c1-14-10(15-2)9-5-12-6-13(9)8-3-7(11)4-8/h5-8,10H,3-4,11H2,1-2H3. The maximum Gasteiger partial charge on any atom is 0.200 e. The van der Waals surface area contributed by atoms with E-state index in [2.05, 4.69) is 9.55 Å². The predicted molar refractivity (Wildman–Crippen MR) is 55.2 cm³/mol. The molecule has 0 bridgehead atoms. The lowest BCUT2D eigenvalue weighted by Crippen LogP contribution is -2.38. The number of hydrogen-bond acceptors (Lipinski definition) is 4. The minimum Gasteiger partial charge on any atom is -0.350 e. The lowest BCUT2D eigenvalue weighted by molar-refractivity contribution is -0.111. The summed E-state index contributed by atoms with van der Waals surface area (Å²) in [5, 5.41) is 0. The van der Waals surface area contributed by atoms with Gasteiger partial charge in [-0.15, -0.1) is 0 Å².